The molecule has 3 aromatic rings. The van der Waals surface area contributed by atoms with Gasteiger partial charge in [0, 0.05) is 35.9 Å². The van der Waals surface area contributed by atoms with Crippen LogP contribution in [0.15, 0.2) is 79.1 Å². The maximum atomic E-state index is 11.9. The number of hydrogen-bond acceptors (Lipinski definition) is 3. The van der Waals surface area contributed by atoms with Gasteiger partial charge in [0.2, 0.25) is 5.91 Å². The molecule has 0 atom stereocenters. The maximum Gasteiger partial charge on any atom is 0.244 e. The van der Waals surface area contributed by atoms with Crippen molar-refractivity contribution in [2.75, 3.05) is 12.3 Å². The summed E-state index contributed by atoms with van der Waals surface area (Å²) in [5.74, 6) is 1.77. The molecule has 0 spiro atoms. The molecular weight excluding hydrogens is 342 g/mol. The summed E-state index contributed by atoms with van der Waals surface area (Å²) in [6.45, 7) is 0.657. The van der Waals surface area contributed by atoms with Gasteiger partial charge in [0.15, 0.2) is 0 Å². The Bertz CT molecular complexity index is 844. The smallest absolute Gasteiger partial charge is 0.244 e. The van der Waals surface area contributed by atoms with E-state index >= 15 is 0 Å². The van der Waals surface area contributed by atoms with Crippen LogP contribution in [0.1, 0.15) is 11.1 Å². The molecule has 26 heavy (non-hydrogen) atoms. The number of nitrogens with zero attached hydrogens (tertiary/aromatic N) is 2. The Morgan fingerprint density at radius 3 is 2.58 bits per heavy atom. The van der Waals surface area contributed by atoms with E-state index in [-0.39, 0.29) is 5.91 Å². The van der Waals surface area contributed by atoms with Gasteiger partial charge < -0.3 is 5.32 Å². The third kappa shape index (κ3) is 5.63. The van der Waals surface area contributed by atoms with E-state index in [9.17, 15) is 4.79 Å². The zero-order valence-electron chi connectivity index (χ0n) is 14.4. The Morgan fingerprint density at radius 2 is 1.81 bits per heavy atom. The van der Waals surface area contributed by atoms with Crippen molar-refractivity contribution in [3.05, 3.63) is 90.3 Å². The standard InChI is InChI=1S/C21H21N3OS/c25-21(22-13-14-26-17-18-7-3-1-4-8-18)12-11-19-15-23-24(16-19)20-9-5-2-6-10-20/h1-12,15-16H,13-14,17H2,(H,22,25)/b12-11+. The van der Waals surface area contributed by atoms with E-state index in [1.54, 1.807) is 23.0 Å². The predicted molar refractivity (Wildman–Crippen MR) is 108 cm³/mol. The predicted octanol–water partition coefficient (Wildman–Crippen LogP) is 3.94. The van der Waals surface area contributed by atoms with Gasteiger partial charge >= 0.3 is 0 Å². The lowest BCUT2D eigenvalue weighted by Crippen LogP contribution is -2.23. The zero-order chi connectivity index (χ0) is 18.0. The molecule has 0 saturated carbocycles. The Kier molecular flexibility index (Phi) is 6.67. The minimum atomic E-state index is -0.0854. The van der Waals surface area contributed by atoms with E-state index in [0.29, 0.717) is 6.54 Å². The van der Waals surface area contributed by atoms with Crippen molar-refractivity contribution in [2.45, 2.75) is 5.75 Å². The summed E-state index contributed by atoms with van der Waals surface area (Å²) >= 11 is 1.81. The van der Waals surface area contributed by atoms with Gasteiger partial charge in [0.25, 0.3) is 0 Å². The van der Waals surface area contributed by atoms with Crippen molar-refractivity contribution in [1.29, 1.82) is 0 Å². The molecule has 0 bridgehead atoms. The lowest BCUT2D eigenvalue weighted by Gasteiger charge is -2.03. The van der Waals surface area contributed by atoms with Gasteiger partial charge in [-0.3, -0.25) is 4.79 Å². The van der Waals surface area contributed by atoms with Gasteiger partial charge in [0.1, 0.15) is 0 Å². The molecule has 0 fully saturated rings. The molecule has 0 saturated heterocycles. The van der Waals surface area contributed by atoms with E-state index in [0.717, 1.165) is 22.8 Å². The zero-order valence-corrected chi connectivity index (χ0v) is 15.2. The number of carbonyl (C=O) groups is 1. The van der Waals surface area contributed by atoms with Crippen LogP contribution < -0.4 is 5.32 Å². The number of carbonyl (C=O) groups excluding carboxylic acids is 1. The van der Waals surface area contributed by atoms with Crippen LogP contribution in [0.2, 0.25) is 0 Å². The van der Waals surface area contributed by atoms with Crippen molar-refractivity contribution in [3.63, 3.8) is 0 Å². The topological polar surface area (TPSA) is 46.9 Å². The summed E-state index contributed by atoms with van der Waals surface area (Å²) in [5, 5.41) is 7.21. The normalized spacial score (nSPS) is 10.9. The van der Waals surface area contributed by atoms with Crippen LogP contribution in [0.4, 0.5) is 0 Å². The van der Waals surface area contributed by atoms with E-state index in [1.807, 2.05) is 66.5 Å². The second-order valence-corrected chi connectivity index (χ2v) is 6.82. The molecule has 1 N–H and O–H groups in total. The number of thioether (sulfide) groups is 1. The van der Waals surface area contributed by atoms with Crippen LogP contribution in [0.25, 0.3) is 11.8 Å². The maximum absolute atomic E-state index is 11.9. The van der Waals surface area contributed by atoms with Gasteiger partial charge in [-0.1, -0.05) is 48.5 Å². The van der Waals surface area contributed by atoms with Gasteiger partial charge in [-0.15, -0.1) is 0 Å². The van der Waals surface area contributed by atoms with Crippen LogP contribution in [0.3, 0.4) is 0 Å². The second kappa shape index (κ2) is 9.63. The highest BCUT2D eigenvalue weighted by molar-refractivity contribution is 7.98. The molecule has 0 aliphatic carbocycles. The fourth-order valence-corrected chi connectivity index (χ4v) is 3.21. The molecule has 1 heterocycles. The average molecular weight is 363 g/mol. The number of hydrogen-bond donors (Lipinski definition) is 1. The second-order valence-electron chi connectivity index (χ2n) is 5.72. The third-order valence-electron chi connectivity index (χ3n) is 3.71. The molecule has 0 unspecified atom stereocenters. The van der Waals surface area contributed by atoms with Gasteiger partial charge in [0.05, 0.1) is 11.9 Å². The van der Waals surface area contributed by atoms with E-state index < -0.39 is 0 Å². The molecule has 4 nitrogen and oxygen atoms in total. The first kappa shape index (κ1) is 18.0. The molecule has 2 aromatic carbocycles. The van der Waals surface area contributed by atoms with Crippen LogP contribution >= 0.6 is 11.8 Å². The molecule has 3 rings (SSSR count). The highest BCUT2D eigenvalue weighted by Gasteiger charge is 2.00. The fraction of sp³-hybridized carbons (Fsp3) is 0.143. The quantitative estimate of drug-likeness (QED) is 0.487. The largest absolute Gasteiger partial charge is 0.352 e. The molecule has 5 heteroatoms. The van der Waals surface area contributed by atoms with Crippen molar-refractivity contribution < 1.29 is 4.79 Å². The summed E-state index contributed by atoms with van der Waals surface area (Å²) in [7, 11) is 0. The SMILES string of the molecule is O=C(/C=C/c1cnn(-c2ccccc2)c1)NCCSCc1ccccc1. The van der Waals surface area contributed by atoms with Crippen LogP contribution in [0.5, 0.6) is 0 Å². The first-order valence-electron chi connectivity index (χ1n) is 8.49. The summed E-state index contributed by atoms with van der Waals surface area (Å²) in [6.07, 6.45) is 6.97. The van der Waals surface area contributed by atoms with Gasteiger partial charge in [-0.2, -0.15) is 16.9 Å². The van der Waals surface area contributed by atoms with Crippen LogP contribution in [-0.4, -0.2) is 28.0 Å². The molecule has 1 amide bonds. The number of aromatic nitrogens is 2. The molecule has 0 aliphatic rings. The summed E-state index contributed by atoms with van der Waals surface area (Å²) in [5.41, 5.74) is 3.19. The van der Waals surface area contributed by atoms with E-state index in [1.165, 1.54) is 5.56 Å². The van der Waals surface area contributed by atoms with Crippen LogP contribution in [0, 0.1) is 0 Å². The lowest BCUT2D eigenvalue weighted by atomic mass is 10.2. The summed E-state index contributed by atoms with van der Waals surface area (Å²) < 4.78 is 1.79. The number of para-hydroxylation sites is 1. The Hall–Kier alpha value is -2.79. The Balaban J connectivity index is 1.39. The van der Waals surface area contributed by atoms with Gasteiger partial charge in [-0.25, -0.2) is 4.68 Å². The third-order valence-corrected chi connectivity index (χ3v) is 4.74. The molecule has 1 aromatic heterocycles. The Morgan fingerprint density at radius 1 is 1.08 bits per heavy atom. The number of nitrogens with one attached hydrogen (secondary N) is 1. The monoisotopic (exact) mass is 363 g/mol. The number of amides is 1. The first-order chi connectivity index (χ1) is 12.8. The van der Waals surface area contributed by atoms with Gasteiger partial charge in [-0.05, 0) is 23.8 Å². The lowest BCUT2D eigenvalue weighted by molar-refractivity contribution is -0.116. The van der Waals surface area contributed by atoms with Crippen molar-refractivity contribution in [2.24, 2.45) is 0 Å². The van der Waals surface area contributed by atoms with E-state index in [2.05, 4.69) is 22.5 Å². The summed E-state index contributed by atoms with van der Waals surface area (Å²) in [6, 6.07) is 20.2. The minimum Gasteiger partial charge on any atom is -0.352 e. The highest BCUT2D eigenvalue weighted by Crippen LogP contribution is 2.11. The summed E-state index contributed by atoms with van der Waals surface area (Å²) in [4.78, 5) is 11.9. The molecule has 0 aliphatic heterocycles. The number of rotatable bonds is 8. The van der Waals surface area contributed by atoms with Crippen LogP contribution in [-0.2, 0) is 10.5 Å². The fourth-order valence-electron chi connectivity index (χ4n) is 2.39. The number of benzene rings is 2. The van der Waals surface area contributed by atoms with Crippen molar-refractivity contribution in [1.82, 2.24) is 15.1 Å². The Labute approximate surface area is 157 Å². The average Bonchev–Trinajstić information content (AvgIpc) is 3.17. The molecule has 0 radical (unpaired) electrons. The molecular formula is C21H21N3OS. The van der Waals surface area contributed by atoms with E-state index in [4.69, 9.17) is 0 Å². The van der Waals surface area contributed by atoms with Crippen molar-refractivity contribution in [3.8, 4) is 5.69 Å². The minimum absolute atomic E-state index is 0.0854. The highest BCUT2D eigenvalue weighted by atomic mass is 32.2. The molecule has 132 valence electrons. The van der Waals surface area contributed by atoms with Crippen molar-refractivity contribution >= 4 is 23.7 Å². The first-order valence-corrected chi connectivity index (χ1v) is 9.64.